The van der Waals surface area contributed by atoms with Crippen LogP contribution in [0.15, 0.2) is 59.7 Å². The molecule has 3 aromatic heterocycles. The number of para-hydroxylation sites is 1. The zero-order valence-corrected chi connectivity index (χ0v) is 17.0. The number of rotatable bonds is 4. The Bertz CT molecular complexity index is 1470. The molecule has 0 saturated heterocycles. The molecule has 1 atom stereocenters. The van der Waals surface area contributed by atoms with E-state index in [0.29, 0.717) is 33.7 Å². The molecule has 31 heavy (non-hydrogen) atoms. The van der Waals surface area contributed by atoms with Crippen molar-refractivity contribution in [2.75, 3.05) is 11.1 Å². The van der Waals surface area contributed by atoms with Crippen LogP contribution in [0.5, 0.6) is 0 Å². The fourth-order valence-electron chi connectivity index (χ4n) is 3.75. The van der Waals surface area contributed by atoms with Gasteiger partial charge >= 0.3 is 0 Å². The summed E-state index contributed by atoms with van der Waals surface area (Å²) in [4.78, 5) is 34.1. The van der Waals surface area contributed by atoms with Gasteiger partial charge in [0, 0.05) is 0 Å². The summed E-state index contributed by atoms with van der Waals surface area (Å²) in [5.74, 6) is 1.15. The number of aryl methyl sites for hydroxylation is 1. The summed E-state index contributed by atoms with van der Waals surface area (Å²) < 4.78 is 1.64. The Morgan fingerprint density at radius 3 is 2.68 bits per heavy atom. The maximum Gasteiger partial charge on any atom is 0.266 e. The van der Waals surface area contributed by atoms with Gasteiger partial charge in [-0.15, -0.1) is 0 Å². The molecule has 4 N–H and O–H groups in total. The first-order valence-corrected chi connectivity index (χ1v) is 9.84. The van der Waals surface area contributed by atoms with Crippen LogP contribution in [0.1, 0.15) is 24.4 Å². The average molecular weight is 412 g/mol. The van der Waals surface area contributed by atoms with Crippen LogP contribution in [0.4, 0.5) is 11.8 Å². The minimum atomic E-state index is -0.376. The maximum atomic E-state index is 13.6. The van der Waals surface area contributed by atoms with E-state index in [9.17, 15) is 4.79 Å². The summed E-state index contributed by atoms with van der Waals surface area (Å²) in [5.41, 5.74) is 9.09. The minimum absolute atomic E-state index is 0.108. The van der Waals surface area contributed by atoms with Crippen molar-refractivity contribution in [2.45, 2.75) is 19.9 Å². The van der Waals surface area contributed by atoms with Gasteiger partial charge in [-0.25, -0.2) is 9.97 Å². The molecule has 0 aliphatic heterocycles. The lowest BCUT2D eigenvalue weighted by atomic mass is 10.1. The number of aromatic nitrogens is 6. The molecule has 5 aromatic rings. The molecule has 9 heteroatoms. The molecule has 0 fully saturated rings. The molecule has 5 rings (SSSR count). The Morgan fingerprint density at radius 1 is 1.06 bits per heavy atom. The molecule has 0 aliphatic carbocycles. The van der Waals surface area contributed by atoms with Gasteiger partial charge in [0.2, 0.25) is 5.95 Å². The summed E-state index contributed by atoms with van der Waals surface area (Å²) in [6.45, 7) is 3.84. The topological polar surface area (TPSA) is 127 Å². The first-order chi connectivity index (χ1) is 15.0. The van der Waals surface area contributed by atoms with Gasteiger partial charge in [0.15, 0.2) is 11.5 Å². The molecule has 3 heterocycles. The number of nitrogens with two attached hydrogens (primary N) is 1. The molecule has 0 amide bonds. The largest absolute Gasteiger partial charge is 0.368 e. The van der Waals surface area contributed by atoms with E-state index in [4.69, 9.17) is 10.7 Å². The number of nitrogens with zero attached hydrogens (tertiary/aromatic N) is 5. The number of aromatic amines is 1. The van der Waals surface area contributed by atoms with Crippen LogP contribution in [-0.4, -0.2) is 29.5 Å². The fraction of sp³-hybridized carbons (Fsp3) is 0.136. The molecular formula is C22H20N8O. The molecule has 2 aromatic carbocycles. The lowest BCUT2D eigenvalue weighted by Crippen LogP contribution is -2.28. The molecule has 0 spiro atoms. The van der Waals surface area contributed by atoms with E-state index >= 15 is 0 Å². The molecule has 0 bridgehead atoms. The minimum Gasteiger partial charge on any atom is -0.368 e. The summed E-state index contributed by atoms with van der Waals surface area (Å²) in [5, 5.41) is 3.92. The predicted molar refractivity (Wildman–Crippen MR) is 120 cm³/mol. The van der Waals surface area contributed by atoms with E-state index in [1.54, 1.807) is 4.57 Å². The Kier molecular flexibility index (Phi) is 4.36. The van der Waals surface area contributed by atoms with E-state index in [0.717, 1.165) is 11.3 Å². The number of H-pyrrole nitrogens is 1. The van der Waals surface area contributed by atoms with Crippen LogP contribution >= 0.6 is 0 Å². The molecule has 9 nitrogen and oxygen atoms in total. The normalized spacial score (nSPS) is 12.3. The highest BCUT2D eigenvalue weighted by Gasteiger charge is 2.20. The number of hydrogen-bond acceptors (Lipinski definition) is 7. The van der Waals surface area contributed by atoms with Crippen molar-refractivity contribution in [1.82, 2.24) is 29.5 Å². The lowest BCUT2D eigenvalue weighted by Gasteiger charge is -2.20. The Balaban J connectivity index is 1.71. The number of benzene rings is 2. The van der Waals surface area contributed by atoms with Crippen LogP contribution in [-0.2, 0) is 0 Å². The van der Waals surface area contributed by atoms with E-state index < -0.39 is 0 Å². The second-order valence-corrected chi connectivity index (χ2v) is 7.31. The van der Waals surface area contributed by atoms with E-state index in [1.807, 2.05) is 62.4 Å². The van der Waals surface area contributed by atoms with Gasteiger partial charge in [-0.2, -0.15) is 9.97 Å². The number of fused-ring (bicyclic) bond motifs is 2. The smallest absolute Gasteiger partial charge is 0.266 e. The Hall–Kier alpha value is -4.27. The molecular weight excluding hydrogens is 392 g/mol. The first kappa shape index (κ1) is 18.7. The molecule has 0 aliphatic rings. The highest BCUT2D eigenvalue weighted by molar-refractivity contribution is 5.84. The summed E-state index contributed by atoms with van der Waals surface area (Å²) in [7, 11) is 0. The highest BCUT2D eigenvalue weighted by Crippen LogP contribution is 2.25. The second-order valence-electron chi connectivity index (χ2n) is 7.31. The fourth-order valence-corrected chi connectivity index (χ4v) is 3.75. The van der Waals surface area contributed by atoms with Gasteiger partial charge in [-0.1, -0.05) is 30.3 Å². The lowest BCUT2D eigenvalue weighted by molar-refractivity contribution is 0.731. The van der Waals surface area contributed by atoms with E-state index in [2.05, 4.69) is 25.3 Å². The molecule has 0 saturated carbocycles. The van der Waals surface area contributed by atoms with Crippen LogP contribution in [0, 0.1) is 6.92 Å². The molecule has 154 valence electrons. The van der Waals surface area contributed by atoms with Crippen molar-refractivity contribution in [3.8, 4) is 5.69 Å². The van der Waals surface area contributed by atoms with Gasteiger partial charge in [0.05, 0.1) is 29.0 Å². The van der Waals surface area contributed by atoms with E-state index in [-0.39, 0.29) is 17.5 Å². The summed E-state index contributed by atoms with van der Waals surface area (Å²) in [6.07, 6.45) is 1.53. The van der Waals surface area contributed by atoms with Crippen molar-refractivity contribution in [1.29, 1.82) is 0 Å². The summed E-state index contributed by atoms with van der Waals surface area (Å²) in [6, 6.07) is 14.8. The number of imidazole rings is 1. The monoisotopic (exact) mass is 412 g/mol. The third-order valence-electron chi connectivity index (χ3n) is 5.19. The first-order valence-electron chi connectivity index (χ1n) is 9.84. The summed E-state index contributed by atoms with van der Waals surface area (Å²) >= 11 is 0. The van der Waals surface area contributed by atoms with Crippen molar-refractivity contribution >= 4 is 33.8 Å². The van der Waals surface area contributed by atoms with Crippen LogP contribution in [0.2, 0.25) is 0 Å². The molecule has 0 radical (unpaired) electrons. The molecule has 1 unspecified atom stereocenters. The number of nitrogens with one attached hydrogen (secondary N) is 2. The second kappa shape index (κ2) is 7.21. The van der Waals surface area contributed by atoms with E-state index in [1.165, 1.54) is 6.33 Å². The number of nitrogen functional groups attached to an aromatic ring is 1. The van der Waals surface area contributed by atoms with Crippen LogP contribution < -0.4 is 16.6 Å². The van der Waals surface area contributed by atoms with Gasteiger partial charge < -0.3 is 16.0 Å². The SMILES string of the molecule is Cc1cccc2nc(C(C)Nc3nc(N)nc4nc[nH]c34)n(-c3ccccc3)c(=O)c12. The Morgan fingerprint density at radius 2 is 1.87 bits per heavy atom. The van der Waals surface area contributed by atoms with Crippen LogP contribution in [0.25, 0.3) is 27.8 Å². The van der Waals surface area contributed by atoms with Crippen molar-refractivity contribution in [3.63, 3.8) is 0 Å². The van der Waals surface area contributed by atoms with Crippen LogP contribution in [0.3, 0.4) is 0 Å². The number of anilines is 2. The zero-order valence-electron chi connectivity index (χ0n) is 17.0. The third kappa shape index (κ3) is 3.16. The highest BCUT2D eigenvalue weighted by atomic mass is 16.1. The van der Waals surface area contributed by atoms with Gasteiger partial charge in [-0.05, 0) is 37.6 Å². The average Bonchev–Trinajstić information content (AvgIpc) is 3.22. The predicted octanol–water partition coefficient (Wildman–Crippen LogP) is 3.12. The maximum absolute atomic E-state index is 13.6. The van der Waals surface area contributed by atoms with Crippen molar-refractivity contribution < 1.29 is 0 Å². The van der Waals surface area contributed by atoms with Gasteiger partial charge in [0.1, 0.15) is 11.3 Å². The van der Waals surface area contributed by atoms with Gasteiger partial charge in [-0.3, -0.25) is 9.36 Å². The Labute approximate surface area is 177 Å². The third-order valence-corrected chi connectivity index (χ3v) is 5.19. The van der Waals surface area contributed by atoms with Crippen molar-refractivity contribution in [3.05, 3.63) is 76.6 Å². The number of hydrogen-bond donors (Lipinski definition) is 3. The zero-order chi connectivity index (χ0) is 21.5. The standard InChI is InChI=1S/C22H20N8O/c1-12-7-6-10-15-16(12)21(31)30(14-8-4-3-5-9-14)20(27-15)13(2)26-19-17-18(25-11-24-17)28-22(23)29-19/h3-11,13H,1-2H3,(H4,23,24,25,26,28,29). The quantitative estimate of drug-likeness (QED) is 0.414. The van der Waals surface area contributed by atoms with Gasteiger partial charge in [0.25, 0.3) is 5.56 Å². The van der Waals surface area contributed by atoms with Crippen molar-refractivity contribution in [2.24, 2.45) is 0 Å².